The first kappa shape index (κ1) is 14.5. The summed E-state index contributed by atoms with van der Waals surface area (Å²) >= 11 is 9.58. The fourth-order valence-electron chi connectivity index (χ4n) is 2.52. The van der Waals surface area contributed by atoms with E-state index in [9.17, 15) is 9.18 Å². The lowest BCUT2D eigenvalue weighted by Crippen LogP contribution is -2.34. The van der Waals surface area contributed by atoms with Crippen molar-refractivity contribution in [2.24, 2.45) is 0 Å². The normalized spacial score (nSPS) is 14.2. The summed E-state index contributed by atoms with van der Waals surface area (Å²) in [5.41, 5.74) is 2.50. The number of nitrogens with zero attached hydrogens (tertiary/aromatic N) is 1. The van der Waals surface area contributed by atoms with E-state index in [1.165, 1.54) is 12.1 Å². The van der Waals surface area contributed by atoms with Crippen molar-refractivity contribution in [3.8, 4) is 0 Å². The molecule has 21 heavy (non-hydrogen) atoms. The molecule has 1 heterocycles. The molecule has 0 radical (unpaired) electrons. The maximum atomic E-state index is 13.3. The molecule has 0 aliphatic carbocycles. The van der Waals surface area contributed by atoms with Gasteiger partial charge >= 0.3 is 0 Å². The van der Waals surface area contributed by atoms with Crippen LogP contribution in [0.3, 0.4) is 0 Å². The standard InChI is InChI=1S/C16H12BrClFNO/c17-12-3-1-11(14(18)8-12)9-20-15-5-4-13(19)7-10(15)2-6-16(20)21/h1,3-5,7-8H,2,6,9H2. The van der Waals surface area contributed by atoms with Crippen molar-refractivity contribution in [1.29, 1.82) is 0 Å². The van der Waals surface area contributed by atoms with E-state index < -0.39 is 0 Å². The SMILES string of the molecule is O=C1CCc2cc(F)ccc2N1Cc1ccc(Br)cc1Cl. The van der Waals surface area contributed by atoms with Crippen molar-refractivity contribution in [2.75, 3.05) is 4.90 Å². The summed E-state index contributed by atoms with van der Waals surface area (Å²) in [7, 11) is 0. The van der Waals surface area contributed by atoms with E-state index >= 15 is 0 Å². The first-order valence-corrected chi connectivity index (χ1v) is 7.74. The summed E-state index contributed by atoms with van der Waals surface area (Å²) < 4.78 is 14.2. The molecule has 2 aromatic carbocycles. The van der Waals surface area contributed by atoms with Crippen LogP contribution in [0.25, 0.3) is 0 Å². The highest BCUT2D eigenvalue weighted by Crippen LogP contribution is 2.31. The van der Waals surface area contributed by atoms with Crippen molar-refractivity contribution in [3.63, 3.8) is 0 Å². The number of carbonyl (C=O) groups is 1. The summed E-state index contributed by atoms with van der Waals surface area (Å²) in [4.78, 5) is 13.9. The van der Waals surface area contributed by atoms with Crippen LogP contribution in [0.1, 0.15) is 17.5 Å². The van der Waals surface area contributed by atoms with Crippen molar-refractivity contribution < 1.29 is 9.18 Å². The van der Waals surface area contributed by atoms with Crippen LogP contribution >= 0.6 is 27.5 Å². The smallest absolute Gasteiger partial charge is 0.227 e. The fourth-order valence-corrected chi connectivity index (χ4v) is 3.26. The van der Waals surface area contributed by atoms with Gasteiger partial charge in [-0.3, -0.25) is 4.79 Å². The first-order valence-electron chi connectivity index (χ1n) is 6.57. The van der Waals surface area contributed by atoms with E-state index in [4.69, 9.17) is 11.6 Å². The zero-order valence-electron chi connectivity index (χ0n) is 11.1. The van der Waals surface area contributed by atoms with E-state index in [-0.39, 0.29) is 11.7 Å². The maximum absolute atomic E-state index is 13.3. The molecule has 0 fully saturated rings. The number of rotatable bonds is 2. The molecule has 2 aromatic rings. The predicted octanol–water partition coefficient (Wildman–Crippen LogP) is 4.72. The van der Waals surface area contributed by atoms with E-state index in [0.717, 1.165) is 21.3 Å². The Morgan fingerprint density at radius 1 is 1.19 bits per heavy atom. The number of anilines is 1. The van der Waals surface area contributed by atoms with Crippen molar-refractivity contribution in [2.45, 2.75) is 19.4 Å². The highest BCUT2D eigenvalue weighted by atomic mass is 79.9. The molecule has 0 spiro atoms. The molecule has 0 unspecified atom stereocenters. The predicted molar refractivity (Wildman–Crippen MR) is 85.1 cm³/mol. The van der Waals surface area contributed by atoms with Gasteiger partial charge in [-0.1, -0.05) is 33.6 Å². The third kappa shape index (κ3) is 2.97. The number of hydrogen-bond acceptors (Lipinski definition) is 1. The van der Waals surface area contributed by atoms with Crippen LogP contribution in [0, 0.1) is 5.82 Å². The summed E-state index contributed by atoms with van der Waals surface area (Å²) in [5.74, 6) is -0.238. The zero-order valence-corrected chi connectivity index (χ0v) is 13.4. The Hall–Kier alpha value is -1.39. The molecule has 0 saturated heterocycles. The number of carbonyl (C=O) groups excluding carboxylic acids is 1. The Balaban J connectivity index is 1.96. The second kappa shape index (κ2) is 5.78. The lowest BCUT2D eigenvalue weighted by atomic mass is 10.0. The minimum atomic E-state index is -0.273. The Bertz CT molecular complexity index is 719. The Morgan fingerprint density at radius 2 is 2.00 bits per heavy atom. The molecular formula is C16H12BrClFNO. The number of aryl methyl sites for hydroxylation is 1. The quantitative estimate of drug-likeness (QED) is 0.751. The van der Waals surface area contributed by atoms with Crippen LogP contribution in [-0.4, -0.2) is 5.91 Å². The second-order valence-electron chi connectivity index (χ2n) is 4.99. The summed E-state index contributed by atoms with van der Waals surface area (Å²) in [6, 6.07) is 10.1. The van der Waals surface area contributed by atoms with Crippen LogP contribution in [0.5, 0.6) is 0 Å². The number of hydrogen-bond donors (Lipinski definition) is 0. The van der Waals surface area contributed by atoms with E-state index in [1.807, 2.05) is 12.1 Å². The van der Waals surface area contributed by atoms with Gasteiger partial charge in [0.05, 0.1) is 6.54 Å². The average Bonchev–Trinajstić information content (AvgIpc) is 2.44. The van der Waals surface area contributed by atoms with Crippen LogP contribution < -0.4 is 4.90 Å². The van der Waals surface area contributed by atoms with Gasteiger partial charge in [0.25, 0.3) is 0 Å². The van der Waals surface area contributed by atoms with Crippen molar-refractivity contribution in [3.05, 3.63) is 62.8 Å². The minimum absolute atomic E-state index is 0.0353. The molecule has 1 amide bonds. The summed E-state index contributed by atoms with van der Waals surface area (Å²) in [5, 5.41) is 0.603. The largest absolute Gasteiger partial charge is 0.308 e. The fraction of sp³-hybridized carbons (Fsp3) is 0.188. The number of halogens is 3. The molecule has 5 heteroatoms. The Morgan fingerprint density at radius 3 is 2.76 bits per heavy atom. The highest BCUT2D eigenvalue weighted by molar-refractivity contribution is 9.10. The van der Waals surface area contributed by atoms with Crippen molar-refractivity contribution in [1.82, 2.24) is 0 Å². The molecule has 108 valence electrons. The Kier molecular flexibility index (Phi) is 4.00. The third-order valence-electron chi connectivity index (χ3n) is 3.59. The van der Waals surface area contributed by atoms with Gasteiger partial charge in [-0.25, -0.2) is 4.39 Å². The van der Waals surface area contributed by atoms with Crippen LogP contribution in [0.2, 0.25) is 5.02 Å². The second-order valence-corrected chi connectivity index (χ2v) is 6.31. The molecule has 0 aromatic heterocycles. The molecule has 3 rings (SSSR count). The zero-order chi connectivity index (χ0) is 15.0. The van der Waals surface area contributed by atoms with Gasteiger partial charge in [-0.05, 0) is 47.9 Å². The van der Waals surface area contributed by atoms with Gasteiger partial charge in [0.2, 0.25) is 5.91 Å². The molecule has 2 nitrogen and oxygen atoms in total. The van der Waals surface area contributed by atoms with Crippen molar-refractivity contribution >= 4 is 39.1 Å². The van der Waals surface area contributed by atoms with Gasteiger partial charge in [-0.2, -0.15) is 0 Å². The summed E-state index contributed by atoms with van der Waals surface area (Å²) in [6.45, 7) is 0.392. The molecule has 1 aliphatic heterocycles. The van der Waals surface area contributed by atoms with E-state index in [0.29, 0.717) is 24.4 Å². The number of benzene rings is 2. The molecular weight excluding hydrogens is 357 g/mol. The molecule has 0 saturated carbocycles. The van der Waals surface area contributed by atoms with Gasteiger partial charge in [0, 0.05) is 21.6 Å². The number of fused-ring (bicyclic) bond motifs is 1. The monoisotopic (exact) mass is 367 g/mol. The van der Waals surface area contributed by atoms with Gasteiger partial charge in [0.15, 0.2) is 0 Å². The molecule has 0 bridgehead atoms. The topological polar surface area (TPSA) is 20.3 Å². The minimum Gasteiger partial charge on any atom is -0.308 e. The van der Waals surface area contributed by atoms with Gasteiger partial charge in [-0.15, -0.1) is 0 Å². The van der Waals surface area contributed by atoms with Crippen LogP contribution in [0.15, 0.2) is 40.9 Å². The van der Waals surface area contributed by atoms with Gasteiger partial charge in [0.1, 0.15) is 5.82 Å². The molecule has 0 atom stereocenters. The van der Waals surface area contributed by atoms with Crippen LogP contribution in [-0.2, 0) is 17.8 Å². The lowest BCUT2D eigenvalue weighted by Gasteiger charge is -2.29. The summed E-state index contributed by atoms with van der Waals surface area (Å²) in [6.07, 6.45) is 0.973. The molecule has 1 aliphatic rings. The first-order chi connectivity index (χ1) is 10.0. The molecule has 0 N–H and O–H groups in total. The van der Waals surface area contributed by atoms with E-state index in [2.05, 4.69) is 15.9 Å². The maximum Gasteiger partial charge on any atom is 0.227 e. The van der Waals surface area contributed by atoms with Crippen LogP contribution in [0.4, 0.5) is 10.1 Å². The highest BCUT2D eigenvalue weighted by Gasteiger charge is 2.25. The Labute approximate surface area is 135 Å². The number of amides is 1. The third-order valence-corrected chi connectivity index (χ3v) is 4.43. The van der Waals surface area contributed by atoms with Gasteiger partial charge < -0.3 is 4.90 Å². The van der Waals surface area contributed by atoms with E-state index in [1.54, 1.807) is 17.0 Å². The average molecular weight is 369 g/mol. The lowest BCUT2D eigenvalue weighted by molar-refractivity contribution is -0.119.